The molecule has 2 heterocycles. The molecule has 0 saturated heterocycles. The predicted octanol–water partition coefficient (Wildman–Crippen LogP) is 3.80. The van der Waals surface area contributed by atoms with Gasteiger partial charge in [0.15, 0.2) is 6.10 Å². The third-order valence-corrected chi connectivity index (χ3v) is 7.68. The van der Waals surface area contributed by atoms with Crippen LogP contribution in [0.1, 0.15) is 5.56 Å². The molecular formula is C25H21ClN4O4S. The van der Waals surface area contributed by atoms with Crippen LogP contribution < -0.4 is 14.4 Å². The summed E-state index contributed by atoms with van der Waals surface area (Å²) in [6, 6.07) is 20.3. The Morgan fingerprint density at radius 3 is 2.51 bits per heavy atom. The maximum atomic E-state index is 13.4. The fourth-order valence-electron chi connectivity index (χ4n) is 3.80. The highest BCUT2D eigenvalue weighted by atomic mass is 35.5. The van der Waals surface area contributed by atoms with Crippen molar-refractivity contribution in [3.63, 3.8) is 0 Å². The lowest BCUT2D eigenvalue weighted by atomic mass is 10.2. The third kappa shape index (κ3) is 4.73. The van der Waals surface area contributed by atoms with E-state index in [1.54, 1.807) is 36.8 Å². The van der Waals surface area contributed by atoms with Crippen molar-refractivity contribution < 1.29 is 17.9 Å². The van der Waals surface area contributed by atoms with Crippen LogP contribution in [0.5, 0.6) is 5.75 Å². The highest BCUT2D eigenvalue weighted by Crippen LogP contribution is 2.37. The number of anilines is 1. The Kier molecular flexibility index (Phi) is 6.19. The molecule has 4 aromatic rings. The lowest BCUT2D eigenvalue weighted by Crippen LogP contribution is -2.50. The Bertz CT molecular complexity index is 1440. The standard InChI is InChI=1S/C25H21ClN4O4S/c26-19-7-11-21(12-8-19)35(32,33)30-16-24(34-23-4-2-1-3-22(23)30)25(31)28-15-18-5-9-20(10-6-18)29-14-13-27-17-29/h1-14,17,24H,15-16H2,(H,28,31). The number of carbonyl (C=O) groups excluding carboxylic acids is 1. The molecule has 0 saturated carbocycles. The molecule has 3 aromatic carbocycles. The summed E-state index contributed by atoms with van der Waals surface area (Å²) >= 11 is 5.93. The van der Waals surface area contributed by atoms with E-state index in [-0.39, 0.29) is 18.0 Å². The van der Waals surface area contributed by atoms with E-state index in [0.717, 1.165) is 11.3 Å². The number of benzene rings is 3. The minimum absolute atomic E-state index is 0.0794. The Morgan fingerprint density at radius 2 is 1.80 bits per heavy atom. The first-order valence-corrected chi connectivity index (χ1v) is 12.6. The second-order valence-electron chi connectivity index (χ2n) is 7.92. The summed E-state index contributed by atoms with van der Waals surface area (Å²) in [5.41, 5.74) is 2.22. The molecule has 1 aliphatic heterocycles. The fraction of sp³-hybridized carbons (Fsp3) is 0.120. The van der Waals surface area contributed by atoms with Crippen LogP contribution in [0.25, 0.3) is 5.69 Å². The lowest BCUT2D eigenvalue weighted by molar-refractivity contribution is -0.127. The highest BCUT2D eigenvalue weighted by Gasteiger charge is 2.37. The van der Waals surface area contributed by atoms with E-state index >= 15 is 0 Å². The maximum absolute atomic E-state index is 13.4. The number of para-hydroxylation sites is 2. The Labute approximate surface area is 207 Å². The van der Waals surface area contributed by atoms with Gasteiger partial charge >= 0.3 is 0 Å². The number of ether oxygens (including phenoxy) is 1. The number of aromatic nitrogens is 2. The zero-order valence-electron chi connectivity index (χ0n) is 18.4. The van der Waals surface area contributed by atoms with Gasteiger partial charge in [-0.2, -0.15) is 0 Å². The molecule has 10 heteroatoms. The van der Waals surface area contributed by atoms with Crippen LogP contribution in [0.2, 0.25) is 5.02 Å². The number of rotatable bonds is 6. The quantitative estimate of drug-likeness (QED) is 0.427. The van der Waals surface area contributed by atoms with E-state index in [0.29, 0.717) is 16.5 Å². The average Bonchev–Trinajstić information content (AvgIpc) is 3.42. The van der Waals surface area contributed by atoms with Gasteiger partial charge in [-0.1, -0.05) is 35.9 Å². The van der Waals surface area contributed by atoms with Crippen molar-refractivity contribution in [3.05, 3.63) is 102 Å². The van der Waals surface area contributed by atoms with Gasteiger partial charge in [0.1, 0.15) is 5.75 Å². The van der Waals surface area contributed by atoms with Gasteiger partial charge in [0.2, 0.25) is 0 Å². The topological polar surface area (TPSA) is 93.5 Å². The molecule has 0 aliphatic carbocycles. The molecule has 178 valence electrons. The number of hydrogen-bond acceptors (Lipinski definition) is 5. The number of carbonyl (C=O) groups is 1. The van der Waals surface area contributed by atoms with Crippen molar-refractivity contribution in [2.24, 2.45) is 0 Å². The largest absolute Gasteiger partial charge is 0.476 e. The van der Waals surface area contributed by atoms with Gasteiger partial charge in [-0.25, -0.2) is 13.4 Å². The van der Waals surface area contributed by atoms with Crippen molar-refractivity contribution >= 4 is 33.2 Å². The van der Waals surface area contributed by atoms with E-state index in [4.69, 9.17) is 16.3 Å². The van der Waals surface area contributed by atoms with Gasteiger partial charge in [0, 0.05) is 29.6 Å². The molecular weight excluding hydrogens is 488 g/mol. The van der Waals surface area contributed by atoms with Crippen LogP contribution in [-0.2, 0) is 21.4 Å². The second kappa shape index (κ2) is 9.44. The minimum atomic E-state index is -3.94. The number of amides is 1. The molecule has 1 atom stereocenters. The van der Waals surface area contributed by atoms with Crippen molar-refractivity contribution in [2.75, 3.05) is 10.8 Å². The van der Waals surface area contributed by atoms with Gasteiger partial charge in [-0.15, -0.1) is 0 Å². The van der Waals surface area contributed by atoms with Crippen LogP contribution in [0.3, 0.4) is 0 Å². The molecule has 1 amide bonds. The first kappa shape index (κ1) is 22.9. The van der Waals surface area contributed by atoms with Crippen LogP contribution in [0.15, 0.2) is 96.4 Å². The van der Waals surface area contributed by atoms with E-state index in [2.05, 4.69) is 10.3 Å². The Balaban J connectivity index is 1.33. The fourth-order valence-corrected chi connectivity index (χ4v) is 5.40. The zero-order valence-corrected chi connectivity index (χ0v) is 20.0. The van der Waals surface area contributed by atoms with Gasteiger partial charge in [0.25, 0.3) is 15.9 Å². The summed E-state index contributed by atoms with van der Waals surface area (Å²) in [6.45, 7) is 0.113. The summed E-state index contributed by atoms with van der Waals surface area (Å²) in [5, 5.41) is 3.28. The molecule has 35 heavy (non-hydrogen) atoms. The van der Waals surface area contributed by atoms with Crippen molar-refractivity contribution in [3.8, 4) is 11.4 Å². The number of sulfonamides is 1. The molecule has 1 aliphatic rings. The van der Waals surface area contributed by atoms with Gasteiger partial charge in [0.05, 0.1) is 23.5 Å². The molecule has 0 spiro atoms. The SMILES string of the molecule is O=C(NCc1ccc(-n2ccnc2)cc1)C1CN(S(=O)(=O)c2ccc(Cl)cc2)c2ccccc2O1. The molecule has 5 rings (SSSR count). The van der Waals surface area contributed by atoms with Gasteiger partial charge in [-0.3, -0.25) is 9.10 Å². The van der Waals surface area contributed by atoms with E-state index < -0.39 is 22.0 Å². The molecule has 1 aromatic heterocycles. The van der Waals surface area contributed by atoms with E-state index in [1.807, 2.05) is 35.0 Å². The van der Waals surface area contributed by atoms with Crippen molar-refractivity contribution in [2.45, 2.75) is 17.5 Å². The third-order valence-electron chi connectivity index (χ3n) is 5.63. The van der Waals surface area contributed by atoms with Crippen LogP contribution in [-0.4, -0.2) is 36.5 Å². The molecule has 0 radical (unpaired) electrons. The van der Waals surface area contributed by atoms with E-state index in [9.17, 15) is 13.2 Å². The van der Waals surface area contributed by atoms with Gasteiger partial charge < -0.3 is 14.6 Å². The van der Waals surface area contributed by atoms with Crippen molar-refractivity contribution in [1.82, 2.24) is 14.9 Å². The van der Waals surface area contributed by atoms with E-state index in [1.165, 1.54) is 28.6 Å². The van der Waals surface area contributed by atoms with Gasteiger partial charge in [-0.05, 0) is 54.1 Å². The number of hydrogen-bond donors (Lipinski definition) is 1. The smallest absolute Gasteiger partial charge is 0.264 e. The number of imidazole rings is 1. The first-order valence-electron chi connectivity index (χ1n) is 10.8. The normalized spacial score (nSPS) is 15.2. The number of nitrogens with zero attached hydrogens (tertiary/aromatic N) is 3. The summed E-state index contributed by atoms with van der Waals surface area (Å²) in [4.78, 5) is 17.1. The number of halogens is 1. The first-order chi connectivity index (χ1) is 16.9. The Hall–Kier alpha value is -3.82. The highest BCUT2D eigenvalue weighted by molar-refractivity contribution is 7.92. The molecule has 0 fully saturated rings. The summed E-state index contributed by atoms with van der Waals surface area (Å²) in [6.07, 6.45) is 4.24. The molecule has 1 N–H and O–H groups in total. The zero-order chi connectivity index (χ0) is 24.4. The molecule has 8 nitrogen and oxygen atoms in total. The summed E-state index contributed by atoms with van der Waals surface area (Å²) in [5.74, 6) is -0.0874. The molecule has 0 bridgehead atoms. The lowest BCUT2D eigenvalue weighted by Gasteiger charge is -2.34. The number of nitrogens with one attached hydrogen (secondary N) is 1. The summed E-state index contributed by atoms with van der Waals surface area (Å²) < 4.78 is 35.8. The Morgan fingerprint density at radius 1 is 1.06 bits per heavy atom. The number of fused-ring (bicyclic) bond motifs is 1. The molecule has 1 unspecified atom stereocenters. The summed E-state index contributed by atoms with van der Waals surface area (Å²) in [7, 11) is -3.94. The predicted molar refractivity (Wildman–Crippen MR) is 132 cm³/mol. The van der Waals surface area contributed by atoms with Crippen molar-refractivity contribution in [1.29, 1.82) is 0 Å². The minimum Gasteiger partial charge on any atom is -0.476 e. The van der Waals surface area contributed by atoms with Crippen LogP contribution in [0, 0.1) is 0 Å². The average molecular weight is 509 g/mol. The second-order valence-corrected chi connectivity index (χ2v) is 10.2. The monoisotopic (exact) mass is 508 g/mol. The maximum Gasteiger partial charge on any atom is 0.264 e. The van der Waals surface area contributed by atoms with Crippen LogP contribution >= 0.6 is 11.6 Å². The van der Waals surface area contributed by atoms with Crippen LogP contribution in [0.4, 0.5) is 5.69 Å².